The molecule has 1 aromatic rings. The predicted octanol–water partition coefficient (Wildman–Crippen LogP) is 1.19. The fourth-order valence-electron chi connectivity index (χ4n) is 2.72. The van der Waals surface area contributed by atoms with Crippen molar-refractivity contribution < 1.29 is 9.90 Å². The molecule has 0 spiro atoms. The van der Waals surface area contributed by atoms with Crippen LogP contribution in [0.25, 0.3) is 0 Å². The van der Waals surface area contributed by atoms with E-state index in [-0.39, 0.29) is 18.6 Å². The highest BCUT2D eigenvalue weighted by Crippen LogP contribution is 2.15. The Kier molecular flexibility index (Phi) is 6.02. The van der Waals surface area contributed by atoms with E-state index in [4.69, 9.17) is 0 Å². The summed E-state index contributed by atoms with van der Waals surface area (Å²) in [6.45, 7) is 2.20. The van der Waals surface area contributed by atoms with E-state index in [2.05, 4.69) is 22.3 Å². The van der Waals surface area contributed by atoms with E-state index in [9.17, 15) is 9.90 Å². The zero-order valence-electron chi connectivity index (χ0n) is 11.9. The van der Waals surface area contributed by atoms with Gasteiger partial charge in [-0.2, -0.15) is 0 Å². The number of nitrogens with one attached hydrogen (secondary N) is 1. The lowest BCUT2D eigenvalue weighted by Gasteiger charge is -2.21. The minimum atomic E-state index is 0.0680. The van der Waals surface area contributed by atoms with E-state index in [1.165, 1.54) is 5.56 Å². The van der Waals surface area contributed by atoms with E-state index in [0.717, 1.165) is 32.2 Å². The molecule has 0 bridgehead atoms. The molecule has 0 radical (unpaired) electrons. The zero-order valence-corrected chi connectivity index (χ0v) is 11.9. The van der Waals surface area contributed by atoms with Gasteiger partial charge in [-0.3, -0.25) is 9.69 Å². The molecule has 1 amide bonds. The summed E-state index contributed by atoms with van der Waals surface area (Å²) in [6, 6.07) is 10.5. The number of hydrogen-bond acceptors (Lipinski definition) is 3. The van der Waals surface area contributed by atoms with Crippen molar-refractivity contribution in [2.45, 2.75) is 31.7 Å². The molecule has 4 nitrogen and oxygen atoms in total. The predicted molar refractivity (Wildman–Crippen MR) is 79.5 cm³/mol. The van der Waals surface area contributed by atoms with Gasteiger partial charge in [0.15, 0.2) is 0 Å². The lowest BCUT2D eigenvalue weighted by atomic mass is 10.1. The number of aliphatic hydroxyl groups is 1. The van der Waals surface area contributed by atoms with Crippen LogP contribution >= 0.6 is 0 Å². The van der Waals surface area contributed by atoms with Gasteiger partial charge in [0.05, 0.1) is 13.2 Å². The van der Waals surface area contributed by atoms with Gasteiger partial charge < -0.3 is 10.4 Å². The van der Waals surface area contributed by atoms with Crippen LogP contribution in [0.5, 0.6) is 0 Å². The maximum atomic E-state index is 11.8. The number of nitrogens with zero attached hydrogens (tertiary/aromatic N) is 1. The summed E-state index contributed by atoms with van der Waals surface area (Å²) in [6.07, 6.45) is 4.02. The van der Waals surface area contributed by atoms with Crippen molar-refractivity contribution in [1.82, 2.24) is 10.2 Å². The van der Waals surface area contributed by atoms with Crippen LogP contribution in [0.2, 0.25) is 0 Å². The summed E-state index contributed by atoms with van der Waals surface area (Å²) in [5.41, 5.74) is 1.31. The Morgan fingerprint density at radius 1 is 1.35 bits per heavy atom. The molecule has 1 heterocycles. The highest BCUT2D eigenvalue weighted by Gasteiger charge is 2.25. The van der Waals surface area contributed by atoms with Crippen LogP contribution in [0.3, 0.4) is 0 Å². The third-order valence-electron chi connectivity index (χ3n) is 3.86. The third kappa shape index (κ3) is 4.62. The normalized spacial score (nSPS) is 19.1. The topological polar surface area (TPSA) is 52.6 Å². The summed E-state index contributed by atoms with van der Waals surface area (Å²) in [7, 11) is 0. The first-order chi connectivity index (χ1) is 9.79. The number of aryl methyl sites for hydroxylation is 1. The lowest BCUT2D eigenvalue weighted by Crippen LogP contribution is -2.41. The van der Waals surface area contributed by atoms with E-state index in [1.807, 2.05) is 18.2 Å². The van der Waals surface area contributed by atoms with Crippen molar-refractivity contribution in [1.29, 1.82) is 0 Å². The number of aliphatic hydroxyl groups excluding tert-OH is 1. The Morgan fingerprint density at radius 3 is 2.90 bits per heavy atom. The summed E-state index contributed by atoms with van der Waals surface area (Å²) in [5, 5.41) is 12.2. The first-order valence-electron chi connectivity index (χ1n) is 7.45. The van der Waals surface area contributed by atoms with Gasteiger partial charge in [-0.05, 0) is 37.8 Å². The van der Waals surface area contributed by atoms with Crippen molar-refractivity contribution in [3.8, 4) is 0 Å². The van der Waals surface area contributed by atoms with Crippen LogP contribution in [-0.4, -0.2) is 48.2 Å². The number of rotatable bonds is 7. The summed E-state index contributed by atoms with van der Waals surface area (Å²) >= 11 is 0. The van der Waals surface area contributed by atoms with Crippen LogP contribution in [-0.2, 0) is 11.2 Å². The number of carbonyl (C=O) groups excluding carboxylic acids is 1. The average Bonchev–Trinajstić information content (AvgIpc) is 2.92. The second-order valence-corrected chi connectivity index (χ2v) is 5.39. The molecule has 0 saturated carbocycles. The average molecular weight is 276 g/mol. The molecule has 1 saturated heterocycles. The highest BCUT2D eigenvalue weighted by molar-refractivity contribution is 5.78. The molecular weight excluding hydrogens is 252 g/mol. The van der Waals surface area contributed by atoms with E-state index in [0.29, 0.717) is 13.1 Å². The zero-order chi connectivity index (χ0) is 14.2. The Balaban J connectivity index is 1.61. The maximum absolute atomic E-state index is 11.8. The van der Waals surface area contributed by atoms with Gasteiger partial charge in [-0.25, -0.2) is 0 Å². The number of hydrogen-bond donors (Lipinski definition) is 2. The van der Waals surface area contributed by atoms with Gasteiger partial charge in [0.25, 0.3) is 0 Å². The molecule has 1 aromatic carbocycles. The highest BCUT2D eigenvalue weighted by atomic mass is 16.3. The number of likely N-dealkylation sites (tertiary alicyclic amines) is 1. The van der Waals surface area contributed by atoms with Crippen LogP contribution in [0.1, 0.15) is 24.8 Å². The molecule has 20 heavy (non-hydrogen) atoms. The minimum absolute atomic E-state index is 0.0680. The van der Waals surface area contributed by atoms with Gasteiger partial charge in [-0.15, -0.1) is 0 Å². The first kappa shape index (κ1) is 15.0. The molecular formula is C16H24N2O2. The molecule has 1 atom stereocenters. The van der Waals surface area contributed by atoms with E-state index in [1.54, 1.807) is 0 Å². The monoisotopic (exact) mass is 276 g/mol. The van der Waals surface area contributed by atoms with Crippen molar-refractivity contribution in [3.05, 3.63) is 35.9 Å². The smallest absolute Gasteiger partial charge is 0.234 e. The standard InChI is InChI=1S/C16H24N2O2/c19-13-15-9-5-11-18(15)12-16(20)17-10-4-8-14-6-2-1-3-7-14/h1-3,6-7,15,19H,4-5,8-13H2,(H,17,20)/t15-/m1/s1. The van der Waals surface area contributed by atoms with Crippen LogP contribution in [0, 0.1) is 0 Å². The quantitative estimate of drug-likeness (QED) is 0.736. The maximum Gasteiger partial charge on any atom is 0.234 e. The molecule has 110 valence electrons. The Labute approximate surface area is 120 Å². The molecule has 1 aliphatic rings. The number of benzene rings is 1. The molecule has 2 rings (SSSR count). The fraction of sp³-hybridized carbons (Fsp3) is 0.562. The second-order valence-electron chi connectivity index (χ2n) is 5.39. The second kappa shape index (κ2) is 8.02. The van der Waals surface area contributed by atoms with Crippen LogP contribution < -0.4 is 5.32 Å². The molecule has 1 fully saturated rings. The van der Waals surface area contributed by atoms with Crippen molar-refractivity contribution >= 4 is 5.91 Å². The van der Waals surface area contributed by atoms with Gasteiger partial charge in [-0.1, -0.05) is 30.3 Å². The van der Waals surface area contributed by atoms with Gasteiger partial charge in [0.2, 0.25) is 5.91 Å². The summed E-state index contributed by atoms with van der Waals surface area (Å²) in [5.74, 6) is 0.0680. The molecule has 0 unspecified atom stereocenters. The molecule has 0 aromatic heterocycles. The molecule has 2 N–H and O–H groups in total. The third-order valence-corrected chi connectivity index (χ3v) is 3.86. The van der Waals surface area contributed by atoms with Crippen LogP contribution in [0.15, 0.2) is 30.3 Å². The number of amides is 1. The lowest BCUT2D eigenvalue weighted by molar-refractivity contribution is -0.122. The summed E-state index contributed by atoms with van der Waals surface area (Å²) in [4.78, 5) is 13.9. The Bertz CT molecular complexity index is 408. The molecule has 1 aliphatic heterocycles. The van der Waals surface area contributed by atoms with Crippen molar-refractivity contribution in [2.24, 2.45) is 0 Å². The SMILES string of the molecule is O=C(CN1CCC[C@@H]1CO)NCCCc1ccccc1. The summed E-state index contributed by atoms with van der Waals surface area (Å²) < 4.78 is 0. The largest absolute Gasteiger partial charge is 0.395 e. The fourth-order valence-corrected chi connectivity index (χ4v) is 2.72. The Morgan fingerprint density at radius 2 is 2.15 bits per heavy atom. The Hall–Kier alpha value is -1.39. The van der Waals surface area contributed by atoms with E-state index < -0.39 is 0 Å². The van der Waals surface area contributed by atoms with Gasteiger partial charge in [0, 0.05) is 12.6 Å². The number of carbonyl (C=O) groups is 1. The van der Waals surface area contributed by atoms with Crippen molar-refractivity contribution in [3.63, 3.8) is 0 Å². The first-order valence-corrected chi connectivity index (χ1v) is 7.45. The van der Waals surface area contributed by atoms with Crippen molar-refractivity contribution in [2.75, 3.05) is 26.2 Å². The minimum Gasteiger partial charge on any atom is -0.395 e. The van der Waals surface area contributed by atoms with Gasteiger partial charge >= 0.3 is 0 Å². The molecule has 4 heteroatoms. The molecule has 0 aliphatic carbocycles. The van der Waals surface area contributed by atoms with E-state index >= 15 is 0 Å². The van der Waals surface area contributed by atoms with Crippen LogP contribution in [0.4, 0.5) is 0 Å². The van der Waals surface area contributed by atoms with Gasteiger partial charge in [0.1, 0.15) is 0 Å².